The molecule has 0 aliphatic carbocycles. The van der Waals surface area contributed by atoms with E-state index in [2.05, 4.69) is 58.3 Å². The van der Waals surface area contributed by atoms with Crippen molar-refractivity contribution in [2.45, 2.75) is 26.3 Å². The number of hydrogen-bond acceptors (Lipinski definition) is 2. The maximum atomic E-state index is 4.05. The normalized spacial score (nSPS) is 12.2. The van der Waals surface area contributed by atoms with Gasteiger partial charge in [0, 0.05) is 28.6 Å². The van der Waals surface area contributed by atoms with Gasteiger partial charge in [0.2, 0.25) is 0 Å². The van der Waals surface area contributed by atoms with Crippen LogP contribution in [0.1, 0.15) is 31.0 Å². The van der Waals surface area contributed by atoms with Crippen molar-refractivity contribution in [3.8, 4) is 0 Å². The van der Waals surface area contributed by atoms with Gasteiger partial charge in [-0.25, -0.2) is 0 Å². The van der Waals surface area contributed by atoms with Crippen molar-refractivity contribution >= 4 is 21.6 Å². The van der Waals surface area contributed by atoms with E-state index in [1.807, 2.05) is 24.5 Å². The highest BCUT2D eigenvalue weighted by molar-refractivity contribution is 9.10. The Morgan fingerprint density at radius 2 is 1.94 bits per heavy atom. The van der Waals surface area contributed by atoms with Gasteiger partial charge >= 0.3 is 0 Å². The summed E-state index contributed by atoms with van der Waals surface area (Å²) < 4.78 is 1.13. The molecule has 2 aromatic rings. The van der Waals surface area contributed by atoms with Gasteiger partial charge < -0.3 is 5.32 Å². The van der Waals surface area contributed by atoms with Crippen LogP contribution in [0.4, 0.5) is 5.69 Å². The molecule has 0 bridgehead atoms. The summed E-state index contributed by atoms with van der Waals surface area (Å²) in [5, 5.41) is 3.56. The summed E-state index contributed by atoms with van der Waals surface area (Å²) in [6.07, 6.45) is 4.68. The Morgan fingerprint density at radius 3 is 2.61 bits per heavy atom. The zero-order valence-electron chi connectivity index (χ0n) is 10.7. The third-order valence-electron chi connectivity index (χ3n) is 3.03. The zero-order chi connectivity index (χ0) is 13.0. The molecule has 0 saturated heterocycles. The molecule has 0 saturated carbocycles. The fourth-order valence-electron chi connectivity index (χ4n) is 1.96. The molecular weight excluding hydrogens is 288 g/mol. The molecule has 2 nitrogen and oxygen atoms in total. The predicted octanol–water partition coefficient (Wildman–Crippen LogP) is 4.58. The summed E-state index contributed by atoms with van der Waals surface area (Å²) >= 11 is 3.51. The Bertz CT molecular complexity index is 511. The van der Waals surface area contributed by atoms with Crippen LogP contribution < -0.4 is 5.32 Å². The molecule has 1 aromatic carbocycles. The number of aryl methyl sites for hydroxylation is 1. The molecule has 18 heavy (non-hydrogen) atoms. The van der Waals surface area contributed by atoms with Crippen molar-refractivity contribution < 1.29 is 0 Å². The van der Waals surface area contributed by atoms with E-state index in [0.717, 1.165) is 10.9 Å². The van der Waals surface area contributed by atoms with Gasteiger partial charge in [0.25, 0.3) is 0 Å². The number of benzene rings is 1. The second kappa shape index (κ2) is 6.01. The minimum atomic E-state index is 0.277. The number of rotatable bonds is 4. The van der Waals surface area contributed by atoms with E-state index in [4.69, 9.17) is 0 Å². The van der Waals surface area contributed by atoms with E-state index in [9.17, 15) is 0 Å². The zero-order valence-corrected chi connectivity index (χ0v) is 12.2. The number of nitrogens with one attached hydrogen (secondary N) is 1. The van der Waals surface area contributed by atoms with Gasteiger partial charge in [0.05, 0.1) is 0 Å². The lowest BCUT2D eigenvalue weighted by atomic mass is 10.1. The first-order chi connectivity index (χ1) is 8.70. The molecule has 0 aliphatic rings. The number of halogens is 1. The molecule has 0 amide bonds. The number of hydrogen-bond donors (Lipinski definition) is 1. The van der Waals surface area contributed by atoms with Crippen LogP contribution in [0.5, 0.6) is 0 Å². The minimum absolute atomic E-state index is 0.277. The van der Waals surface area contributed by atoms with Gasteiger partial charge in [0.15, 0.2) is 0 Å². The van der Waals surface area contributed by atoms with E-state index >= 15 is 0 Å². The molecule has 1 N–H and O–H groups in total. The fourth-order valence-corrected chi connectivity index (χ4v) is 2.37. The number of aromatic nitrogens is 1. The molecule has 1 unspecified atom stereocenters. The quantitative estimate of drug-likeness (QED) is 0.894. The molecule has 3 heteroatoms. The highest BCUT2D eigenvalue weighted by atomic mass is 79.9. The summed E-state index contributed by atoms with van der Waals surface area (Å²) in [6, 6.07) is 10.7. The minimum Gasteiger partial charge on any atom is -0.378 e. The Morgan fingerprint density at radius 1 is 1.22 bits per heavy atom. The van der Waals surface area contributed by atoms with Gasteiger partial charge in [0.1, 0.15) is 0 Å². The maximum Gasteiger partial charge on any atom is 0.0486 e. The first kappa shape index (κ1) is 13.1. The highest BCUT2D eigenvalue weighted by Crippen LogP contribution is 2.25. The molecular formula is C15H17BrN2. The number of anilines is 1. The van der Waals surface area contributed by atoms with E-state index < -0.39 is 0 Å². The molecule has 0 aliphatic heterocycles. The highest BCUT2D eigenvalue weighted by Gasteiger charge is 2.07. The molecule has 1 heterocycles. The molecule has 0 radical (unpaired) electrons. The molecule has 0 spiro atoms. The van der Waals surface area contributed by atoms with Gasteiger partial charge in [-0.15, -0.1) is 0 Å². The Hall–Kier alpha value is -1.35. The maximum absolute atomic E-state index is 4.05. The standard InChI is InChI=1S/C15H17BrN2/c1-3-12-10-14(16)4-5-15(12)18-11(2)13-6-8-17-9-7-13/h4-11,18H,3H2,1-2H3. The molecule has 0 fully saturated rings. The Kier molecular flexibility index (Phi) is 4.37. The summed E-state index contributed by atoms with van der Waals surface area (Å²) in [5.41, 5.74) is 3.77. The first-order valence-corrected chi connectivity index (χ1v) is 6.95. The summed E-state index contributed by atoms with van der Waals surface area (Å²) in [6.45, 7) is 4.33. The van der Waals surface area contributed by atoms with E-state index in [0.29, 0.717) is 0 Å². The van der Waals surface area contributed by atoms with Crippen molar-refractivity contribution in [2.24, 2.45) is 0 Å². The van der Waals surface area contributed by atoms with Crippen molar-refractivity contribution in [1.29, 1.82) is 0 Å². The first-order valence-electron chi connectivity index (χ1n) is 6.15. The van der Waals surface area contributed by atoms with Crippen LogP contribution in [0, 0.1) is 0 Å². The fraction of sp³-hybridized carbons (Fsp3) is 0.267. The number of pyridine rings is 1. The Balaban J connectivity index is 2.19. The molecule has 2 rings (SSSR count). The average Bonchev–Trinajstić information content (AvgIpc) is 2.41. The predicted molar refractivity (Wildman–Crippen MR) is 79.8 cm³/mol. The lowest BCUT2D eigenvalue weighted by Gasteiger charge is -2.18. The van der Waals surface area contributed by atoms with Crippen LogP contribution in [-0.4, -0.2) is 4.98 Å². The van der Waals surface area contributed by atoms with Gasteiger partial charge in [-0.3, -0.25) is 4.98 Å². The van der Waals surface area contributed by atoms with Gasteiger partial charge in [-0.05, 0) is 54.8 Å². The summed E-state index contributed by atoms with van der Waals surface area (Å²) in [4.78, 5) is 4.05. The molecule has 1 aromatic heterocycles. The largest absolute Gasteiger partial charge is 0.378 e. The monoisotopic (exact) mass is 304 g/mol. The Labute approximate surface area is 117 Å². The second-order valence-corrected chi connectivity index (χ2v) is 5.22. The summed E-state index contributed by atoms with van der Waals surface area (Å²) in [5.74, 6) is 0. The van der Waals surface area contributed by atoms with Crippen molar-refractivity contribution in [1.82, 2.24) is 4.98 Å². The molecule has 94 valence electrons. The second-order valence-electron chi connectivity index (χ2n) is 4.30. The van der Waals surface area contributed by atoms with Crippen molar-refractivity contribution in [3.05, 3.63) is 58.3 Å². The lowest BCUT2D eigenvalue weighted by molar-refractivity contribution is 0.875. The lowest BCUT2D eigenvalue weighted by Crippen LogP contribution is -2.08. The van der Waals surface area contributed by atoms with Crippen molar-refractivity contribution in [2.75, 3.05) is 5.32 Å². The van der Waals surface area contributed by atoms with Gasteiger partial charge in [-0.1, -0.05) is 22.9 Å². The van der Waals surface area contributed by atoms with E-state index in [1.165, 1.54) is 16.8 Å². The third kappa shape index (κ3) is 3.10. The van der Waals surface area contributed by atoms with Crippen LogP contribution >= 0.6 is 15.9 Å². The summed E-state index contributed by atoms with van der Waals surface area (Å²) in [7, 11) is 0. The van der Waals surface area contributed by atoms with Crippen LogP contribution in [0.2, 0.25) is 0 Å². The van der Waals surface area contributed by atoms with Crippen LogP contribution in [0.3, 0.4) is 0 Å². The SMILES string of the molecule is CCc1cc(Br)ccc1NC(C)c1ccncc1. The average molecular weight is 305 g/mol. The smallest absolute Gasteiger partial charge is 0.0486 e. The molecule has 1 atom stereocenters. The van der Waals surface area contributed by atoms with E-state index in [-0.39, 0.29) is 6.04 Å². The van der Waals surface area contributed by atoms with Crippen molar-refractivity contribution in [3.63, 3.8) is 0 Å². The van der Waals surface area contributed by atoms with Crippen LogP contribution in [-0.2, 0) is 6.42 Å². The topological polar surface area (TPSA) is 24.9 Å². The van der Waals surface area contributed by atoms with Crippen LogP contribution in [0.25, 0.3) is 0 Å². The number of nitrogens with zero attached hydrogens (tertiary/aromatic N) is 1. The van der Waals surface area contributed by atoms with E-state index in [1.54, 1.807) is 0 Å². The third-order valence-corrected chi connectivity index (χ3v) is 3.52. The van der Waals surface area contributed by atoms with Gasteiger partial charge in [-0.2, -0.15) is 0 Å². The van der Waals surface area contributed by atoms with Crippen LogP contribution in [0.15, 0.2) is 47.2 Å².